The fourth-order valence-electron chi connectivity index (χ4n) is 2.28. The average molecular weight is 298 g/mol. The first-order valence-corrected chi connectivity index (χ1v) is 6.94. The summed E-state index contributed by atoms with van der Waals surface area (Å²) in [6, 6.07) is 10.7. The third-order valence-corrected chi connectivity index (χ3v) is 2.98. The third-order valence-electron chi connectivity index (χ3n) is 2.98. The molecule has 0 saturated heterocycles. The van der Waals surface area contributed by atoms with Gasteiger partial charge in [0.1, 0.15) is 11.5 Å². The fourth-order valence-corrected chi connectivity index (χ4v) is 2.28. The van der Waals surface area contributed by atoms with Crippen LogP contribution in [0.5, 0.6) is 11.5 Å². The van der Waals surface area contributed by atoms with Crippen molar-refractivity contribution >= 4 is 11.9 Å². The average Bonchev–Trinajstić information content (AvgIpc) is 2.35. The number of hydrogen-bond donors (Lipinski definition) is 0. The molecule has 114 valence electrons. The summed E-state index contributed by atoms with van der Waals surface area (Å²) in [5, 5.41) is 0. The number of benzene rings is 2. The fraction of sp³-hybridized carbons (Fsp3) is 0.222. The van der Waals surface area contributed by atoms with Crippen molar-refractivity contribution in [1.29, 1.82) is 0 Å². The molecule has 2 rings (SSSR count). The molecule has 0 aromatic heterocycles. The molecule has 0 aliphatic heterocycles. The molecule has 4 nitrogen and oxygen atoms in total. The zero-order chi connectivity index (χ0) is 16.3. The van der Waals surface area contributed by atoms with E-state index in [-0.39, 0.29) is 0 Å². The lowest BCUT2D eigenvalue weighted by atomic mass is 10.1. The van der Waals surface area contributed by atoms with Gasteiger partial charge in [0.2, 0.25) is 0 Å². The van der Waals surface area contributed by atoms with Gasteiger partial charge >= 0.3 is 11.9 Å². The molecule has 4 heteroatoms. The highest BCUT2D eigenvalue weighted by Gasteiger charge is 2.19. The molecule has 0 spiro atoms. The first-order chi connectivity index (χ1) is 10.3. The van der Waals surface area contributed by atoms with E-state index in [2.05, 4.69) is 0 Å². The Kier molecular flexibility index (Phi) is 4.61. The van der Waals surface area contributed by atoms with Gasteiger partial charge in [-0.25, -0.2) is 9.59 Å². The highest BCUT2D eigenvalue weighted by molar-refractivity contribution is 6.31. The summed E-state index contributed by atoms with van der Waals surface area (Å²) in [6.07, 6.45) is 0. The van der Waals surface area contributed by atoms with E-state index in [0.29, 0.717) is 11.5 Å². The minimum absolute atomic E-state index is 0.333. The standard InChI is InChI=1S/C18H18O4/c1-11-5-12(2)8-15(7-11)21-17(19)18(20)22-16-9-13(3)6-14(4)10-16/h5-10H,1-4H3. The van der Waals surface area contributed by atoms with Crippen LogP contribution in [-0.4, -0.2) is 11.9 Å². The van der Waals surface area contributed by atoms with Crippen LogP contribution in [0.2, 0.25) is 0 Å². The minimum Gasteiger partial charge on any atom is -0.418 e. The van der Waals surface area contributed by atoms with Gasteiger partial charge in [0.25, 0.3) is 0 Å². The smallest absolute Gasteiger partial charge is 0.418 e. The van der Waals surface area contributed by atoms with Crippen molar-refractivity contribution in [2.24, 2.45) is 0 Å². The Morgan fingerprint density at radius 1 is 0.591 bits per heavy atom. The number of hydrogen-bond acceptors (Lipinski definition) is 4. The molecule has 0 aliphatic carbocycles. The SMILES string of the molecule is Cc1cc(C)cc(OC(=O)C(=O)Oc2cc(C)cc(C)c2)c1. The van der Waals surface area contributed by atoms with Crippen LogP contribution < -0.4 is 9.47 Å². The first-order valence-electron chi connectivity index (χ1n) is 6.94. The van der Waals surface area contributed by atoms with Gasteiger partial charge in [0.05, 0.1) is 0 Å². The van der Waals surface area contributed by atoms with Gasteiger partial charge < -0.3 is 9.47 Å². The molecule has 2 aromatic rings. The van der Waals surface area contributed by atoms with Gasteiger partial charge in [-0.15, -0.1) is 0 Å². The third kappa shape index (κ3) is 4.19. The predicted octanol–water partition coefficient (Wildman–Crippen LogP) is 3.43. The van der Waals surface area contributed by atoms with Crippen molar-refractivity contribution in [2.75, 3.05) is 0 Å². The van der Waals surface area contributed by atoms with E-state index >= 15 is 0 Å². The largest absolute Gasteiger partial charge is 0.423 e. The maximum atomic E-state index is 11.8. The van der Waals surface area contributed by atoms with Crippen molar-refractivity contribution in [2.45, 2.75) is 27.7 Å². The Morgan fingerprint density at radius 3 is 1.14 bits per heavy atom. The molecule has 0 unspecified atom stereocenters. The monoisotopic (exact) mass is 298 g/mol. The van der Waals surface area contributed by atoms with Gasteiger partial charge in [-0.05, 0) is 74.2 Å². The molecule has 0 amide bonds. The number of rotatable bonds is 2. The molecule has 0 N–H and O–H groups in total. The Hall–Kier alpha value is -2.62. The molecule has 0 atom stereocenters. The van der Waals surface area contributed by atoms with E-state index in [1.807, 2.05) is 39.8 Å². The topological polar surface area (TPSA) is 52.6 Å². The summed E-state index contributed by atoms with van der Waals surface area (Å²) in [7, 11) is 0. The van der Waals surface area contributed by atoms with Crippen LogP contribution in [0.25, 0.3) is 0 Å². The summed E-state index contributed by atoms with van der Waals surface area (Å²) >= 11 is 0. The van der Waals surface area contributed by atoms with Crippen LogP contribution in [0, 0.1) is 27.7 Å². The number of carbonyl (C=O) groups is 2. The Bertz CT molecular complexity index is 628. The zero-order valence-electron chi connectivity index (χ0n) is 13.1. The second-order valence-corrected chi connectivity index (χ2v) is 5.43. The highest BCUT2D eigenvalue weighted by Crippen LogP contribution is 2.18. The van der Waals surface area contributed by atoms with E-state index in [0.717, 1.165) is 22.3 Å². The van der Waals surface area contributed by atoms with Gasteiger partial charge in [-0.2, -0.15) is 0 Å². The van der Waals surface area contributed by atoms with E-state index in [4.69, 9.17) is 9.47 Å². The van der Waals surface area contributed by atoms with E-state index in [1.54, 1.807) is 24.3 Å². The lowest BCUT2D eigenvalue weighted by molar-refractivity contribution is -0.156. The number of esters is 2. The molecule has 2 aromatic carbocycles. The molecular formula is C18H18O4. The molecule has 22 heavy (non-hydrogen) atoms. The maximum absolute atomic E-state index is 11.8. The molecule has 0 bridgehead atoms. The molecule has 0 aliphatic rings. The second kappa shape index (κ2) is 6.43. The van der Waals surface area contributed by atoms with Crippen LogP contribution in [0.4, 0.5) is 0 Å². The lowest BCUT2D eigenvalue weighted by Gasteiger charge is -2.08. The van der Waals surface area contributed by atoms with Crippen LogP contribution in [0.15, 0.2) is 36.4 Å². The van der Waals surface area contributed by atoms with Crippen LogP contribution in [0.3, 0.4) is 0 Å². The summed E-state index contributed by atoms with van der Waals surface area (Å²) in [4.78, 5) is 23.6. The molecule has 0 radical (unpaired) electrons. The minimum atomic E-state index is -1.04. The summed E-state index contributed by atoms with van der Waals surface area (Å²) in [5.74, 6) is -1.41. The molecule has 0 heterocycles. The summed E-state index contributed by atoms with van der Waals surface area (Å²) < 4.78 is 10.1. The maximum Gasteiger partial charge on any atom is 0.423 e. The second-order valence-electron chi connectivity index (χ2n) is 5.43. The van der Waals surface area contributed by atoms with Crippen molar-refractivity contribution in [1.82, 2.24) is 0 Å². The molecule has 0 fully saturated rings. The van der Waals surface area contributed by atoms with Crippen LogP contribution in [-0.2, 0) is 9.59 Å². The van der Waals surface area contributed by atoms with Crippen LogP contribution in [0.1, 0.15) is 22.3 Å². The van der Waals surface area contributed by atoms with Gasteiger partial charge in [0.15, 0.2) is 0 Å². The highest BCUT2D eigenvalue weighted by atomic mass is 16.6. The Balaban J connectivity index is 2.07. The first kappa shape index (κ1) is 15.8. The summed E-state index contributed by atoms with van der Waals surface area (Å²) in [6.45, 7) is 7.55. The normalized spacial score (nSPS) is 10.2. The van der Waals surface area contributed by atoms with Gasteiger partial charge in [-0.3, -0.25) is 0 Å². The summed E-state index contributed by atoms with van der Waals surface area (Å²) in [5.41, 5.74) is 3.80. The molecule has 0 saturated carbocycles. The Morgan fingerprint density at radius 2 is 0.864 bits per heavy atom. The molecular weight excluding hydrogens is 280 g/mol. The van der Waals surface area contributed by atoms with Crippen molar-refractivity contribution < 1.29 is 19.1 Å². The van der Waals surface area contributed by atoms with E-state index in [9.17, 15) is 9.59 Å². The quantitative estimate of drug-likeness (QED) is 0.484. The number of aryl methyl sites for hydroxylation is 4. The predicted molar refractivity (Wildman–Crippen MR) is 83.1 cm³/mol. The van der Waals surface area contributed by atoms with Gasteiger partial charge in [-0.1, -0.05) is 12.1 Å². The van der Waals surface area contributed by atoms with Crippen molar-refractivity contribution in [3.05, 3.63) is 58.7 Å². The Labute approximate surface area is 129 Å². The van der Waals surface area contributed by atoms with E-state index < -0.39 is 11.9 Å². The lowest BCUT2D eigenvalue weighted by Crippen LogP contribution is -2.25. The zero-order valence-corrected chi connectivity index (χ0v) is 13.1. The number of ether oxygens (including phenoxy) is 2. The number of carbonyl (C=O) groups excluding carboxylic acids is 2. The van der Waals surface area contributed by atoms with Crippen molar-refractivity contribution in [3.63, 3.8) is 0 Å². The van der Waals surface area contributed by atoms with Crippen molar-refractivity contribution in [3.8, 4) is 11.5 Å². The van der Waals surface area contributed by atoms with E-state index in [1.165, 1.54) is 0 Å². The van der Waals surface area contributed by atoms with Gasteiger partial charge in [0, 0.05) is 0 Å². The van der Waals surface area contributed by atoms with Crippen LogP contribution >= 0.6 is 0 Å².